The van der Waals surface area contributed by atoms with Crippen LogP contribution >= 0.6 is 11.8 Å². The average molecular weight is 332 g/mol. The molecule has 23 heavy (non-hydrogen) atoms. The topological polar surface area (TPSA) is 68.3 Å². The van der Waals surface area contributed by atoms with Gasteiger partial charge in [0.05, 0.1) is 22.9 Å². The molecule has 0 aliphatic carbocycles. The number of amides is 1. The van der Waals surface area contributed by atoms with Gasteiger partial charge < -0.3 is 10.1 Å². The minimum atomic E-state index is -0.225. The molecule has 0 fully saturated rings. The van der Waals surface area contributed by atoms with Crippen LogP contribution in [0.3, 0.4) is 0 Å². The first-order chi connectivity index (χ1) is 11.2. The summed E-state index contributed by atoms with van der Waals surface area (Å²) >= 11 is 1.40. The van der Waals surface area contributed by atoms with E-state index in [9.17, 15) is 9.59 Å². The minimum Gasteiger partial charge on any atom is -0.466 e. The van der Waals surface area contributed by atoms with Crippen molar-refractivity contribution < 1.29 is 14.3 Å². The van der Waals surface area contributed by atoms with Crippen molar-refractivity contribution in [2.24, 2.45) is 0 Å². The Morgan fingerprint density at radius 2 is 2.04 bits per heavy atom. The van der Waals surface area contributed by atoms with Gasteiger partial charge in [0.2, 0.25) is 5.91 Å². The standard InChI is InChI=1S/C17H20N2O3S/c1-2-22-17(21)8-5-11-18-15(20)12-23-16-10-9-13-6-3-4-7-14(13)19-16/h3-4,6-7,9-10H,2,5,8,11-12H2,1H3,(H,18,20). The van der Waals surface area contributed by atoms with Crippen LogP contribution in [-0.4, -0.2) is 35.8 Å². The Balaban J connectivity index is 1.70. The summed E-state index contributed by atoms with van der Waals surface area (Å²) in [5.41, 5.74) is 0.923. The molecule has 122 valence electrons. The largest absolute Gasteiger partial charge is 0.466 e. The number of para-hydroxylation sites is 1. The molecule has 0 atom stereocenters. The fourth-order valence-corrected chi connectivity index (χ4v) is 2.72. The molecule has 1 aromatic heterocycles. The average Bonchev–Trinajstić information content (AvgIpc) is 2.57. The van der Waals surface area contributed by atoms with Crippen LogP contribution in [-0.2, 0) is 14.3 Å². The molecule has 6 heteroatoms. The van der Waals surface area contributed by atoms with Gasteiger partial charge in [-0.05, 0) is 25.5 Å². The predicted molar refractivity (Wildman–Crippen MR) is 91.3 cm³/mol. The van der Waals surface area contributed by atoms with Crippen LogP contribution in [0, 0.1) is 0 Å². The zero-order valence-electron chi connectivity index (χ0n) is 13.1. The van der Waals surface area contributed by atoms with E-state index in [1.165, 1.54) is 11.8 Å². The van der Waals surface area contributed by atoms with Crippen LogP contribution < -0.4 is 5.32 Å². The van der Waals surface area contributed by atoms with E-state index in [0.29, 0.717) is 31.7 Å². The van der Waals surface area contributed by atoms with E-state index >= 15 is 0 Å². The summed E-state index contributed by atoms with van der Waals surface area (Å²) in [7, 11) is 0. The van der Waals surface area contributed by atoms with Gasteiger partial charge in [-0.3, -0.25) is 9.59 Å². The van der Waals surface area contributed by atoms with Gasteiger partial charge in [0.25, 0.3) is 0 Å². The van der Waals surface area contributed by atoms with Crippen molar-refractivity contribution in [3.8, 4) is 0 Å². The summed E-state index contributed by atoms with van der Waals surface area (Å²) in [5.74, 6) is 0.0235. The lowest BCUT2D eigenvalue weighted by molar-refractivity contribution is -0.143. The number of benzene rings is 1. The van der Waals surface area contributed by atoms with Crippen LogP contribution in [0.25, 0.3) is 10.9 Å². The Morgan fingerprint density at radius 1 is 1.22 bits per heavy atom. The number of hydrogen-bond donors (Lipinski definition) is 1. The van der Waals surface area contributed by atoms with Gasteiger partial charge in [-0.1, -0.05) is 36.0 Å². The summed E-state index contributed by atoms with van der Waals surface area (Å²) in [6, 6.07) is 11.8. The molecule has 0 spiro atoms. The Hall–Kier alpha value is -2.08. The summed E-state index contributed by atoms with van der Waals surface area (Å²) < 4.78 is 4.83. The number of nitrogens with one attached hydrogen (secondary N) is 1. The van der Waals surface area contributed by atoms with Gasteiger partial charge in [-0.15, -0.1) is 0 Å². The molecule has 5 nitrogen and oxygen atoms in total. The maximum atomic E-state index is 11.8. The van der Waals surface area contributed by atoms with E-state index in [-0.39, 0.29) is 11.9 Å². The monoisotopic (exact) mass is 332 g/mol. The van der Waals surface area contributed by atoms with E-state index < -0.39 is 0 Å². The maximum absolute atomic E-state index is 11.8. The third kappa shape index (κ3) is 5.90. The number of hydrogen-bond acceptors (Lipinski definition) is 5. The number of esters is 1. The smallest absolute Gasteiger partial charge is 0.305 e. The molecule has 1 heterocycles. The molecular formula is C17H20N2O3S. The van der Waals surface area contributed by atoms with Gasteiger partial charge in [-0.2, -0.15) is 0 Å². The minimum absolute atomic E-state index is 0.0613. The normalized spacial score (nSPS) is 10.5. The Labute approximate surface area is 139 Å². The quantitative estimate of drug-likeness (QED) is 0.457. The van der Waals surface area contributed by atoms with Crippen molar-refractivity contribution in [1.29, 1.82) is 0 Å². The molecule has 0 bridgehead atoms. The fraction of sp³-hybridized carbons (Fsp3) is 0.353. The molecule has 0 aliphatic rings. The maximum Gasteiger partial charge on any atom is 0.305 e. The molecule has 0 radical (unpaired) electrons. The lowest BCUT2D eigenvalue weighted by atomic mass is 10.2. The van der Waals surface area contributed by atoms with Crippen LogP contribution in [0.4, 0.5) is 0 Å². The molecule has 0 aliphatic heterocycles. The number of ether oxygens (including phenoxy) is 1. The first-order valence-electron chi connectivity index (χ1n) is 7.60. The highest BCUT2D eigenvalue weighted by atomic mass is 32.2. The number of pyridine rings is 1. The second-order valence-corrected chi connectivity index (χ2v) is 5.89. The Bertz CT molecular complexity index is 676. The summed E-state index contributed by atoms with van der Waals surface area (Å²) in [6.45, 7) is 2.64. The van der Waals surface area contributed by atoms with E-state index in [0.717, 1.165) is 15.9 Å². The molecule has 1 amide bonds. The van der Waals surface area contributed by atoms with Gasteiger partial charge in [0.15, 0.2) is 0 Å². The highest BCUT2D eigenvalue weighted by molar-refractivity contribution is 7.99. The van der Waals surface area contributed by atoms with Crippen molar-refractivity contribution in [2.75, 3.05) is 18.9 Å². The number of carbonyl (C=O) groups excluding carboxylic acids is 2. The van der Waals surface area contributed by atoms with Gasteiger partial charge in [0, 0.05) is 18.4 Å². The van der Waals surface area contributed by atoms with E-state index in [2.05, 4.69) is 10.3 Å². The second-order valence-electron chi connectivity index (χ2n) is 4.89. The van der Waals surface area contributed by atoms with Crippen LogP contribution in [0.15, 0.2) is 41.4 Å². The molecule has 0 saturated heterocycles. The van der Waals surface area contributed by atoms with Crippen molar-refractivity contribution in [3.63, 3.8) is 0 Å². The lowest BCUT2D eigenvalue weighted by Gasteiger charge is -2.05. The molecular weight excluding hydrogens is 312 g/mol. The Kier molecular flexibility index (Phi) is 6.87. The lowest BCUT2D eigenvalue weighted by Crippen LogP contribution is -2.26. The van der Waals surface area contributed by atoms with Crippen molar-refractivity contribution >= 4 is 34.5 Å². The first kappa shape index (κ1) is 17.3. The van der Waals surface area contributed by atoms with Crippen LogP contribution in [0.5, 0.6) is 0 Å². The van der Waals surface area contributed by atoms with E-state index in [4.69, 9.17) is 4.74 Å². The molecule has 0 saturated carbocycles. The van der Waals surface area contributed by atoms with E-state index in [1.807, 2.05) is 36.4 Å². The zero-order valence-corrected chi connectivity index (χ0v) is 13.9. The molecule has 2 rings (SSSR count). The highest BCUT2D eigenvalue weighted by Crippen LogP contribution is 2.19. The third-order valence-corrected chi connectivity index (χ3v) is 4.04. The summed E-state index contributed by atoms with van der Waals surface area (Å²) in [5, 5.41) is 4.70. The van der Waals surface area contributed by atoms with Crippen molar-refractivity contribution in [1.82, 2.24) is 10.3 Å². The van der Waals surface area contributed by atoms with Gasteiger partial charge in [-0.25, -0.2) is 4.98 Å². The number of fused-ring (bicyclic) bond motifs is 1. The van der Waals surface area contributed by atoms with Crippen molar-refractivity contribution in [3.05, 3.63) is 36.4 Å². The van der Waals surface area contributed by atoms with Crippen LogP contribution in [0.2, 0.25) is 0 Å². The summed E-state index contributed by atoms with van der Waals surface area (Å²) in [6.07, 6.45) is 0.914. The van der Waals surface area contributed by atoms with Crippen LogP contribution in [0.1, 0.15) is 19.8 Å². The summed E-state index contributed by atoms with van der Waals surface area (Å²) in [4.78, 5) is 27.4. The van der Waals surface area contributed by atoms with Gasteiger partial charge in [0.1, 0.15) is 0 Å². The number of nitrogens with zero attached hydrogens (tertiary/aromatic N) is 1. The first-order valence-corrected chi connectivity index (χ1v) is 8.58. The molecule has 1 aromatic carbocycles. The molecule has 0 unspecified atom stereocenters. The van der Waals surface area contributed by atoms with Crippen molar-refractivity contribution in [2.45, 2.75) is 24.8 Å². The number of thioether (sulfide) groups is 1. The zero-order chi connectivity index (χ0) is 16.5. The van der Waals surface area contributed by atoms with Gasteiger partial charge >= 0.3 is 5.97 Å². The molecule has 2 aromatic rings. The predicted octanol–water partition coefficient (Wildman–Crippen LogP) is 2.79. The third-order valence-electron chi connectivity index (χ3n) is 3.11. The number of carbonyl (C=O) groups is 2. The Morgan fingerprint density at radius 3 is 2.87 bits per heavy atom. The molecule has 1 N–H and O–H groups in total. The number of aromatic nitrogens is 1. The van der Waals surface area contributed by atoms with E-state index in [1.54, 1.807) is 6.92 Å². The highest BCUT2D eigenvalue weighted by Gasteiger charge is 2.06. The number of rotatable bonds is 8. The SMILES string of the molecule is CCOC(=O)CCCNC(=O)CSc1ccc2ccccc2n1. The second kappa shape index (κ2) is 9.15. The fourth-order valence-electron chi connectivity index (χ4n) is 2.01.